The molecule has 0 aliphatic carbocycles. The summed E-state index contributed by atoms with van der Waals surface area (Å²) in [6.45, 7) is 1.84. The molecule has 1 rings (SSSR count). The van der Waals surface area contributed by atoms with E-state index in [0.717, 1.165) is 11.1 Å². The van der Waals surface area contributed by atoms with Crippen molar-refractivity contribution in [3.63, 3.8) is 0 Å². The van der Waals surface area contributed by atoms with Gasteiger partial charge in [-0.1, -0.05) is 0 Å². The minimum atomic E-state index is -4.33. The Hall–Kier alpha value is -2.13. The predicted molar refractivity (Wildman–Crippen MR) is 66.8 cm³/mol. The van der Waals surface area contributed by atoms with Crippen molar-refractivity contribution >= 4 is 17.5 Å². The van der Waals surface area contributed by atoms with E-state index in [1.54, 1.807) is 6.92 Å². The van der Waals surface area contributed by atoms with E-state index in [9.17, 15) is 23.3 Å². The highest BCUT2D eigenvalue weighted by atomic mass is 19.4. The predicted octanol–water partition coefficient (Wildman–Crippen LogP) is 2.21. The summed E-state index contributed by atoms with van der Waals surface area (Å²) >= 11 is 0. The van der Waals surface area contributed by atoms with Crippen LogP contribution in [0.3, 0.4) is 0 Å². The van der Waals surface area contributed by atoms with E-state index in [1.807, 2.05) is 0 Å². The van der Waals surface area contributed by atoms with E-state index in [2.05, 4.69) is 15.3 Å². The summed E-state index contributed by atoms with van der Waals surface area (Å²) in [5, 5.41) is 13.6. The van der Waals surface area contributed by atoms with Crippen molar-refractivity contribution in [1.29, 1.82) is 0 Å². The van der Waals surface area contributed by atoms with Crippen LogP contribution in [0.2, 0.25) is 0 Å². The van der Waals surface area contributed by atoms with Gasteiger partial charge in [-0.2, -0.15) is 18.2 Å². The molecule has 112 valence electrons. The van der Waals surface area contributed by atoms with Crippen LogP contribution >= 0.6 is 0 Å². The summed E-state index contributed by atoms with van der Waals surface area (Å²) in [5.41, 5.74) is -0.434. The molecular weight excluding hydrogens is 279 g/mol. The molecule has 7 nitrogen and oxygen atoms in total. The molecule has 0 aliphatic rings. The van der Waals surface area contributed by atoms with Gasteiger partial charge in [-0.05, 0) is 6.92 Å². The third-order valence-corrected chi connectivity index (χ3v) is 2.37. The highest BCUT2D eigenvalue weighted by Crippen LogP contribution is 2.27. The molecule has 0 radical (unpaired) electrons. The minimum absolute atomic E-state index is 0.131. The summed E-state index contributed by atoms with van der Waals surface area (Å²) < 4.78 is 36.6. The topological polar surface area (TPSA) is 84.2 Å². The van der Waals surface area contributed by atoms with Gasteiger partial charge >= 0.3 is 11.9 Å². The Balaban J connectivity index is 2.99. The fraction of sp³-hybridized carbons (Fsp3) is 0.600. The van der Waals surface area contributed by atoms with Crippen LogP contribution < -0.4 is 10.2 Å². The lowest BCUT2D eigenvalue weighted by Crippen LogP contribution is -2.26. The summed E-state index contributed by atoms with van der Waals surface area (Å²) in [6.07, 6.45) is -4.44. The minimum Gasteiger partial charge on any atom is -0.354 e. The molecule has 1 heterocycles. The fourth-order valence-electron chi connectivity index (χ4n) is 1.42. The van der Waals surface area contributed by atoms with Crippen LogP contribution in [-0.4, -0.2) is 41.2 Å². The van der Waals surface area contributed by atoms with Gasteiger partial charge in [0, 0.05) is 20.1 Å². The normalized spacial score (nSPS) is 11.2. The lowest BCUT2D eigenvalue weighted by atomic mass is 10.3. The van der Waals surface area contributed by atoms with E-state index >= 15 is 0 Å². The van der Waals surface area contributed by atoms with E-state index in [1.165, 1.54) is 7.05 Å². The maximum Gasteiger partial charge on any atom is 0.390 e. The molecular formula is C10H14F3N5O2. The standard InChI is InChI=1S/C10H14F3N5O2/c1-3-14-9-15-6-7(18(19)20)8(16-9)17(2)5-4-10(11,12)13/h6H,3-5H2,1-2H3,(H,14,15,16). The number of anilines is 2. The second-order valence-corrected chi connectivity index (χ2v) is 3.98. The number of hydrogen-bond acceptors (Lipinski definition) is 6. The van der Waals surface area contributed by atoms with Gasteiger partial charge in [0.2, 0.25) is 11.8 Å². The fourth-order valence-corrected chi connectivity index (χ4v) is 1.42. The van der Waals surface area contributed by atoms with E-state index < -0.39 is 29.8 Å². The molecule has 20 heavy (non-hydrogen) atoms. The summed E-state index contributed by atoms with van der Waals surface area (Å²) in [7, 11) is 1.32. The molecule has 0 bridgehead atoms. The number of nitrogens with zero attached hydrogens (tertiary/aromatic N) is 4. The molecule has 1 aromatic heterocycles. The van der Waals surface area contributed by atoms with Crippen LogP contribution in [0.15, 0.2) is 6.20 Å². The van der Waals surface area contributed by atoms with Crippen molar-refractivity contribution in [2.75, 3.05) is 30.4 Å². The second kappa shape index (κ2) is 6.35. The van der Waals surface area contributed by atoms with Crippen molar-refractivity contribution in [3.8, 4) is 0 Å². The van der Waals surface area contributed by atoms with Crippen LogP contribution in [0.25, 0.3) is 0 Å². The highest BCUT2D eigenvalue weighted by molar-refractivity contribution is 5.58. The summed E-state index contributed by atoms with van der Waals surface area (Å²) in [4.78, 5) is 18.8. The Morgan fingerprint density at radius 1 is 1.50 bits per heavy atom. The molecule has 0 aromatic carbocycles. The largest absolute Gasteiger partial charge is 0.390 e. The zero-order valence-corrected chi connectivity index (χ0v) is 10.9. The Kier molecular flexibility index (Phi) is 5.06. The molecule has 0 saturated carbocycles. The number of aromatic nitrogens is 2. The van der Waals surface area contributed by atoms with Gasteiger partial charge in [0.15, 0.2) is 0 Å². The van der Waals surface area contributed by atoms with Gasteiger partial charge in [-0.15, -0.1) is 0 Å². The van der Waals surface area contributed by atoms with Crippen LogP contribution in [-0.2, 0) is 0 Å². The molecule has 0 amide bonds. The maximum atomic E-state index is 12.2. The molecule has 0 aliphatic heterocycles. The van der Waals surface area contributed by atoms with Crippen molar-refractivity contribution < 1.29 is 18.1 Å². The van der Waals surface area contributed by atoms with Gasteiger partial charge in [-0.3, -0.25) is 10.1 Å². The van der Waals surface area contributed by atoms with Gasteiger partial charge in [0.05, 0.1) is 11.3 Å². The average molecular weight is 293 g/mol. The Labute approximate surface area is 113 Å². The first kappa shape index (κ1) is 15.9. The van der Waals surface area contributed by atoms with Crippen LogP contribution in [0.1, 0.15) is 13.3 Å². The van der Waals surface area contributed by atoms with E-state index in [4.69, 9.17) is 0 Å². The van der Waals surface area contributed by atoms with Crippen LogP contribution in [0, 0.1) is 10.1 Å². The third-order valence-electron chi connectivity index (χ3n) is 2.37. The molecule has 1 aromatic rings. The Morgan fingerprint density at radius 3 is 2.65 bits per heavy atom. The zero-order chi connectivity index (χ0) is 15.3. The van der Waals surface area contributed by atoms with Gasteiger partial charge in [0.1, 0.15) is 6.20 Å². The number of nitrogens with one attached hydrogen (secondary N) is 1. The average Bonchev–Trinajstić information content (AvgIpc) is 2.35. The highest BCUT2D eigenvalue weighted by Gasteiger charge is 2.29. The second-order valence-electron chi connectivity index (χ2n) is 3.98. The van der Waals surface area contributed by atoms with Gasteiger partial charge in [0.25, 0.3) is 0 Å². The van der Waals surface area contributed by atoms with E-state index in [0.29, 0.717) is 6.54 Å². The number of rotatable bonds is 6. The quantitative estimate of drug-likeness (QED) is 0.639. The zero-order valence-electron chi connectivity index (χ0n) is 10.9. The van der Waals surface area contributed by atoms with Crippen molar-refractivity contribution in [2.24, 2.45) is 0 Å². The van der Waals surface area contributed by atoms with Gasteiger partial charge < -0.3 is 10.2 Å². The first-order valence-corrected chi connectivity index (χ1v) is 5.77. The number of halogens is 3. The third kappa shape index (κ3) is 4.52. The maximum absolute atomic E-state index is 12.2. The molecule has 1 N–H and O–H groups in total. The van der Waals surface area contributed by atoms with Crippen molar-refractivity contribution in [2.45, 2.75) is 19.5 Å². The summed E-state index contributed by atoms with van der Waals surface area (Å²) in [6, 6.07) is 0. The van der Waals surface area contributed by atoms with Gasteiger partial charge in [-0.25, -0.2) is 4.98 Å². The first-order valence-electron chi connectivity index (χ1n) is 5.77. The van der Waals surface area contributed by atoms with Crippen LogP contribution in [0.4, 0.5) is 30.6 Å². The molecule has 0 spiro atoms. The lowest BCUT2D eigenvalue weighted by molar-refractivity contribution is -0.384. The van der Waals surface area contributed by atoms with Crippen molar-refractivity contribution in [1.82, 2.24) is 9.97 Å². The monoisotopic (exact) mass is 293 g/mol. The Morgan fingerprint density at radius 2 is 2.15 bits per heavy atom. The summed E-state index contributed by atoms with van der Waals surface area (Å²) in [5.74, 6) is -0.0165. The van der Waals surface area contributed by atoms with E-state index in [-0.39, 0.29) is 11.8 Å². The lowest BCUT2D eigenvalue weighted by Gasteiger charge is -2.19. The van der Waals surface area contributed by atoms with Crippen molar-refractivity contribution in [3.05, 3.63) is 16.3 Å². The number of hydrogen-bond donors (Lipinski definition) is 1. The number of alkyl halides is 3. The smallest absolute Gasteiger partial charge is 0.354 e. The molecule has 0 fully saturated rings. The molecule has 0 unspecified atom stereocenters. The Bertz CT molecular complexity index is 480. The molecule has 10 heteroatoms. The SMILES string of the molecule is CCNc1ncc([N+](=O)[O-])c(N(C)CCC(F)(F)F)n1. The molecule has 0 saturated heterocycles. The molecule has 0 atom stereocenters. The number of nitro groups is 1. The first-order chi connectivity index (χ1) is 9.24. The van der Waals surface area contributed by atoms with Crippen LogP contribution in [0.5, 0.6) is 0 Å².